The first-order valence-electron chi connectivity index (χ1n) is 5.88. The summed E-state index contributed by atoms with van der Waals surface area (Å²) < 4.78 is 5.11. The predicted molar refractivity (Wildman–Crippen MR) is 67.2 cm³/mol. The van der Waals surface area contributed by atoms with Crippen LogP contribution in [0.1, 0.15) is 23.3 Å². The van der Waals surface area contributed by atoms with Gasteiger partial charge in [0, 0.05) is 19.3 Å². The van der Waals surface area contributed by atoms with Gasteiger partial charge < -0.3 is 20.5 Å². The van der Waals surface area contributed by atoms with Crippen molar-refractivity contribution in [2.45, 2.75) is 25.0 Å². The summed E-state index contributed by atoms with van der Waals surface area (Å²) in [6.07, 6.45) is 3.09. The lowest BCUT2D eigenvalue weighted by Crippen LogP contribution is -2.48. The van der Waals surface area contributed by atoms with Crippen LogP contribution in [0.15, 0.2) is 18.3 Å². The van der Waals surface area contributed by atoms with Crippen LogP contribution in [0.2, 0.25) is 0 Å². The highest BCUT2D eigenvalue weighted by Gasteiger charge is 2.30. The third-order valence-electron chi connectivity index (χ3n) is 3.02. The molecule has 1 saturated carbocycles. The maximum absolute atomic E-state index is 11.7. The van der Waals surface area contributed by atoms with E-state index in [4.69, 9.17) is 9.84 Å². The van der Waals surface area contributed by atoms with Crippen molar-refractivity contribution >= 4 is 17.7 Å². The van der Waals surface area contributed by atoms with E-state index in [-0.39, 0.29) is 23.5 Å². The third kappa shape index (κ3) is 3.19. The fourth-order valence-corrected chi connectivity index (χ4v) is 1.90. The number of pyridine rings is 1. The molecule has 2 amide bonds. The van der Waals surface area contributed by atoms with Gasteiger partial charge in [-0.15, -0.1) is 0 Å². The minimum absolute atomic E-state index is 0.0647. The zero-order valence-electron chi connectivity index (χ0n) is 10.4. The molecule has 102 valence electrons. The number of methoxy groups -OCH3 is 1. The van der Waals surface area contributed by atoms with Crippen LogP contribution in [0.25, 0.3) is 0 Å². The zero-order valence-corrected chi connectivity index (χ0v) is 10.4. The summed E-state index contributed by atoms with van der Waals surface area (Å²) in [6.45, 7) is 0. The number of nitrogens with one attached hydrogen (secondary N) is 2. The summed E-state index contributed by atoms with van der Waals surface area (Å²) in [5, 5.41) is 14.2. The van der Waals surface area contributed by atoms with Gasteiger partial charge in [0.1, 0.15) is 0 Å². The summed E-state index contributed by atoms with van der Waals surface area (Å²) in [6, 6.07) is 2.69. The Bertz CT molecular complexity index is 486. The van der Waals surface area contributed by atoms with Gasteiger partial charge in [-0.1, -0.05) is 0 Å². The summed E-state index contributed by atoms with van der Waals surface area (Å²) in [4.78, 5) is 26.3. The van der Waals surface area contributed by atoms with Gasteiger partial charge in [0.25, 0.3) is 0 Å². The molecule has 0 aromatic carbocycles. The quantitative estimate of drug-likeness (QED) is 0.756. The Kier molecular flexibility index (Phi) is 3.96. The largest absolute Gasteiger partial charge is 0.476 e. The maximum Gasteiger partial charge on any atom is 0.356 e. The molecule has 2 rings (SSSR count). The molecule has 1 heterocycles. The second kappa shape index (κ2) is 5.66. The number of carbonyl (C=O) groups is 2. The van der Waals surface area contributed by atoms with Crippen LogP contribution in [-0.4, -0.2) is 41.3 Å². The Labute approximate surface area is 110 Å². The highest BCUT2D eigenvalue weighted by molar-refractivity contribution is 5.98. The van der Waals surface area contributed by atoms with E-state index < -0.39 is 12.0 Å². The lowest BCUT2D eigenvalue weighted by Gasteiger charge is -2.34. The first kappa shape index (κ1) is 13.3. The van der Waals surface area contributed by atoms with E-state index in [2.05, 4.69) is 15.6 Å². The lowest BCUT2D eigenvalue weighted by molar-refractivity contribution is 0.0210. The number of carboxylic acids is 1. The standard InChI is InChI=1S/C12H15N3O4/c1-19-8-5-7(6-8)14-12(18)15-9-3-2-4-13-10(9)11(16)17/h2-4,7-8H,5-6H2,1H3,(H,16,17)(H2,14,15,18). The van der Waals surface area contributed by atoms with Crippen LogP contribution in [-0.2, 0) is 4.74 Å². The van der Waals surface area contributed by atoms with E-state index in [0.29, 0.717) is 0 Å². The fourth-order valence-electron chi connectivity index (χ4n) is 1.90. The third-order valence-corrected chi connectivity index (χ3v) is 3.02. The molecule has 0 radical (unpaired) electrons. The van der Waals surface area contributed by atoms with E-state index in [1.54, 1.807) is 13.2 Å². The number of aromatic nitrogens is 1. The molecule has 1 aliphatic carbocycles. The van der Waals surface area contributed by atoms with Crippen LogP contribution in [0.5, 0.6) is 0 Å². The Morgan fingerprint density at radius 2 is 2.21 bits per heavy atom. The Morgan fingerprint density at radius 1 is 1.47 bits per heavy atom. The molecule has 0 atom stereocenters. The van der Waals surface area contributed by atoms with E-state index in [9.17, 15) is 9.59 Å². The molecule has 7 heteroatoms. The first-order valence-corrected chi connectivity index (χ1v) is 5.88. The first-order chi connectivity index (χ1) is 9.10. The zero-order chi connectivity index (χ0) is 13.8. The number of urea groups is 1. The highest BCUT2D eigenvalue weighted by Crippen LogP contribution is 2.22. The molecule has 0 aliphatic heterocycles. The number of ether oxygens (including phenoxy) is 1. The van der Waals surface area contributed by atoms with Crippen molar-refractivity contribution in [1.82, 2.24) is 10.3 Å². The maximum atomic E-state index is 11.7. The number of carbonyl (C=O) groups excluding carboxylic acids is 1. The van der Waals surface area contributed by atoms with E-state index in [1.807, 2.05) is 0 Å². The smallest absolute Gasteiger partial charge is 0.356 e. The molecule has 19 heavy (non-hydrogen) atoms. The fraction of sp³-hybridized carbons (Fsp3) is 0.417. The van der Waals surface area contributed by atoms with Gasteiger partial charge in [-0.3, -0.25) is 0 Å². The molecule has 0 unspecified atom stereocenters. The summed E-state index contributed by atoms with van der Waals surface area (Å²) in [7, 11) is 1.63. The van der Waals surface area contributed by atoms with Crippen LogP contribution in [0.4, 0.5) is 10.5 Å². The highest BCUT2D eigenvalue weighted by atomic mass is 16.5. The Hall–Kier alpha value is -2.15. The van der Waals surface area contributed by atoms with Crippen molar-refractivity contribution in [2.24, 2.45) is 0 Å². The topological polar surface area (TPSA) is 101 Å². The molecule has 1 aromatic heterocycles. The van der Waals surface area contributed by atoms with Crippen LogP contribution < -0.4 is 10.6 Å². The molecule has 0 bridgehead atoms. The molecule has 7 nitrogen and oxygen atoms in total. The second-order valence-electron chi connectivity index (χ2n) is 4.33. The number of hydrogen-bond donors (Lipinski definition) is 3. The number of rotatable bonds is 4. The number of nitrogens with zero attached hydrogens (tertiary/aromatic N) is 1. The van der Waals surface area contributed by atoms with Crippen LogP contribution in [0.3, 0.4) is 0 Å². The molecule has 0 spiro atoms. The second-order valence-corrected chi connectivity index (χ2v) is 4.33. The van der Waals surface area contributed by atoms with Gasteiger partial charge in [0.2, 0.25) is 0 Å². The van der Waals surface area contributed by atoms with E-state index in [1.165, 1.54) is 12.3 Å². The van der Waals surface area contributed by atoms with Gasteiger partial charge in [0.05, 0.1) is 11.8 Å². The molecular weight excluding hydrogens is 250 g/mol. The van der Waals surface area contributed by atoms with Crippen molar-refractivity contribution in [3.05, 3.63) is 24.0 Å². The number of amides is 2. The SMILES string of the molecule is COC1CC(NC(=O)Nc2cccnc2C(=O)O)C1. The molecule has 1 fully saturated rings. The molecular formula is C12H15N3O4. The van der Waals surface area contributed by atoms with Crippen molar-refractivity contribution in [3.63, 3.8) is 0 Å². The van der Waals surface area contributed by atoms with Crippen LogP contribution in [0, 0.1) is 0 Å². The summed E-state index contributed by atoms with van der Waals surface area (Å²) in [5.41, 5.74) is -0.00357. The number of aromatic carboxylic acids is 1. The average molecular weight is 265 g/mol. The minimum Gasteiger partial charge on any atom is -0.476 e. The van der Waals surface area contributed by atoms with Gasteiger partial charge in [-0.25, -0.2) is 14.6 Å². The van der Waals surface area contributed by atoms with Gasteiger partial charge in [0.15, 0.2) is 5.69 Å². The van der Waals surface area contributed by atoms with Gasteiger partial charge in [-0.05, 0) is 25.0 Å². The molecule has 1 aromatic rings. The van der Waals surface area contributed by atoms with Gasteiger partial charge in [-0.2, -0.15) is 0 Å². The molecule has 3 N–H and O–H groups in total. The summed E-state index contributed by atoms with van der Waals surface area (Å²) >= 11 is 0. The minimum atomic E-state index is -1.18. The Morgan fingerprint density at radius 3 is 2.84 bits per heavy atom. The normalized spacial score (nSPS) is 21.3. The van der Waals surface area contributed by atoms with Crippen molar-refractivity contribution in [2.75, 3.05) is 12.4 Å². The number of anilines is 1. The van der Waals surface area contributed by atoms with E-state index >= 15 is 0 Å². The monoisotopic (exact) mass is 265 g/mol. The lowest BCUT2D eigenvalue weighted by atomic mass is 9.89. The van der Waals surface area contributed by atoms with E-state index in [0.717, 1.165) is 12.8 Å². The van der Waals surface area contributed by atoms with Crippen LogP contribution >= 0.6 is 0 Å². The average Bonchev–Trinajstić information content (AvgIpc) is 2.33. The Balaban J connectivity index is 1.91. The summed E-state index contributed by atoms with van der Waals surface area (Å²) in [5.74, 6) is -1.18. The van der Waals surface area contributed by atoms with Crippen molar-refractivity contribution in [3.8, 4) is 0 Å². The predicted octanol–water partition coefficient (Wildman–Crippen LogP) is 1.08. The van der Waals surface area contributed by atoms with Crippen molar-refractivity contribution < 1.29 is 19.4 Å². The number of hydrogen-bond acceptors (Lipinski definition) is 4. The van der Waals surface area contributed by atoms with Crippen molar-refractivity contribution in [1.29, 1.82) is 0 Å². The molecule has 0 saturated heterocycles. The van der Waals surface area contributed by atoms with Gasteiger partial charge >= 0.3 is 12.0 Å². The number of carboxylic acid groups (broad SMARTS) is 1. The molecule has 1 aliphatic rings.